The second-order valence-corrected chi connectivity index (χ2v) is 6.58. The van der Waals surface area contributed by atoms with E-state index in [0.717, 1.165) is 22.0 Å². The lowest BCUT2D eigenvalue weighted by molar-refractivity contribution is 0.101. The van der Waals surface area contributed by atoms with Gasteiger partial charge in [-0.2, -0.15) is 4.98 Å². The molecule has 4 rings (SSSR count). The fourth-order valence-electron chi connectivity index (χ4n) is 2.41. The molecule has 0 fully saturated rings. The van der Waals surface area contributed by atoms with Crippen LogP contribution < -0.4 is 5.32 Å². The van der Waals surface area contributed by atoms with Crippen LogP contribution >= 0.6 is 11.3 Å². The van der Waals surface area contributed by atoms with Crippen molar-refractivity contribution < 1.29 is 4.79 Å². The van der Waals surface area contributed by atoms with Crippen LogP contribution in [-0.2, 0) is 0 Å². The Balaban J connectivity index is 1.54. The number of nitrogens with zero attached hydrogens (tertiary/aromatic N) is 5. The monoisotopic (exact) mass is 350 g/mol. The first-order chi connectivity index (χ1) is 12.1. The first kappa shape index (κ1) is 15.4. The standard InChI is InChI=1S/C17H14N6OS/c1-10-7-8-18-17-21-15(22-23(10)17)16(24)20-13-5-3-12(4-6-13)14-9-25-11(2)19-14/h3-9H,1-2H3,(H,20,24). The summed E-state index contributed by atoms with van der Waals surface area (Å²) >= 11 is 1.61. The largest absolute Gasteiger partial charge is 0.319 e. The summed E-state index contributed by atoms with van der Waals surface area (Å²) in [6.07, 6.45) is 1.64. The molecule has 0 spiro atoms. The second kappa shape index (κ2) is 6.06. The third kappa shape index (κ3) is 2.99. The van der Waals surface area contributed by atoms with E-state index in [4.69, 9.17) is 0 Å². The third-order valence-corrected chi connectivity index (χ3v) is 4.46. The van der Waals surface area contributed by atoms with Crippen LogP contribution in [-0.4, -0.2) is 30.5 Å². The molecule has 0 aliphatic carbocycles. The Bertz CT molecular complexity index is 1070. The number of aryl methyl sites for hydroxylation is 2. The number of carbonyl (C=O) groups is 1. The topological polar surface area (TPSA) is 85.1 Å². The highest BCUT2D eigenvalue weighted by atomic mass is 32.1. The van der Waals surface area contributed by atoms with E-state index in [1.165, 1.54) is 0 Å². The van der Waals surface area contributed by atoms with Crippen molar-refractivity contribution in [1.82, 2.24) is 24.6 Å². The molecule has 0 aliphatic heterocycles. The molecule has 25 heavy (non-hydrogen) atoms. The zero-order chi connectivity index (χ0) is 17.4. The lowest BCUT2D eigenvalue weighted by Crippen LogP contribution is -2.14. The van der Waals surface area contributed by atoms with E-state index in [1.807, 2.05) is 49.6 Å². The number of thiazole rings is 1. The number of nitrogens with one attached hydrogen (secondary N) is 1. The van der Waals surface area contributed by atoms with E-state index in [1.54, 1.807) is 22.0 Å². The van der Waals surface area contributed by atoms with Gasteiger partial charge in [-0.25, -0.2) is 14.5 Å². The highest BCUT2D eigenvalue weighted by molar-refractivity contribution is 7.09. The molecule has 1 aromatic carbocycles. The molecule has 1 N–H and O–H groups in total. The van der Waals surface area contributed by atoms with E-state index in [-0.39, 0.29) is 11.7 Å². The molecular formula is C17H14N6OS. The molecule has 3 heterocycles. The average Bonchev–Trinajstić information content (AvgIpc) is 3.23. The normalized spacial score (nSPS) is 11.0. The Kier molecular flexibility index (Phi) is 3.73. The van der Waals surface area contributed by atoms with Gasteiger partial charge < -0.3 is 5.32 Å². The maximum Gasteiger partial charge on any atom is 0.295 e. The number of carbonyl (C=O) groups excluding carboxylic acids is 1. The molecule has 0 aliphatic rings. The van der Waals surface area contributed by atoms with Crippen LogP contribution in [0.4, 0.5) is 5.69 Å². The zero-order valence-corrected chi connectivity index (χ0v) is 14.4. The van der Waals surface area contributed by atoms with E-state index >= 15 is 0 Å². The van der Waals surface area contributed by atoms with Gasteiger partial charge >= 0.3 is 0 Å². The highest BCUT2D eigenvalue weighted by Crippen LogP contribution is 2.23. The number of hydrogen-bond acceptors (Lipinski definition) is 6. The molecule has 4 aromatic rings. The van der Waals surface area contributed by atoms with Gasteiger partial charge in [0, 0.05) is 28.5 Å². The summed E-state index contributed by atoms with van der Waals surface area (Å²) < 4.78 is 1.54. The minimum absolute atomic E-state index is 0.0843. The predicted molar refractivity (Wildman–Crippen MR) is 95.8 cm³/mol. The van der Waals surface area contributed by atoms with E-state index in [0.29, 0.717) is 11.5 Å². The van der Waals surface area contributed by atoms with Crippen LogP contribution in [0.5, 0.6) is 0 Å². The van der Waals surface area contributed by atoms with Gasteiger partial charge in [0.05, 0.1) is 10.7 Å². The quantitative estimate of drug-likeness (QED) is 0.613. The van der Waals surface area contributed by atoms with Crippen LogP contribution in [0.1, 0.15) is 21.3 Å². The van der Waals surface area contributed by atoms with Crippen LogP contribution in [0.3, 0.4) is 0 Å². The van der Waals surface area contributed by atoms with Crippen molar-refractivity contribution >= 4 is 28.7 Å². The highest BCUT2D eigenvalue weighted by Gasteiger charge is 2.14. The SMILES string of the molecule is Cc1nc(-c2ccc(NC(=O)c3nc4nccc(C)n4n3)cc2)cs1. The molecule has 0 unspecified atom stereocenters. The van der Waals surface area contributed by atoms with Gasteiger partial charge in [0.15, 0.2) is 0 Å². The van der Waals surface area contributed by atoms with Gasteiger partial charge in [0.2, 0.25) is 5.82 Å². The minimum atomic E-state index is -0.373. The number of aromatic nitrogens is 5. The van der Waals surface area contributed by atoms with Crippen molar-refractivity contribution in [3.05, 3.63) is 58.4 Å². The molecule has 0 atom stereocenters. The molecule has 0 saturated carbocycles. The van der Waals surface area contributed by atoms with Crippen LogP contribution in [0, 0.1) is 13.8 Å². The average molecular weight is 350 g/mol. The number of fused-ring (bicyclic) bond motifs is 1. The molecule has 0 bridgehead atoms. The molecule has 0 saturated heterocycles. The van der Waals surface area contributed by atoms with E-state index in [2.05, 4.69) is 25.4 Å². The Hall–Kier alpha value is -3.13. The van der Waals surface area contributed by atoms with Crippen LogP contribution in [0.15, 0.2) is 41.9 Å². The maximum atomic E-state index is 12.4. The van der Waals surface area contributed by atoms with E-state index < -0.39 is 0 Å². The summed E-state index contributed by atoms with van der Waals surface area (Å²) in [6, 6.07) is 9.32. The minimum Gasteiger partial charge on any atom is -0.319 e. The summed E-state index contributed by atoms with van der Waals surface area (Å²) in [5.41, 5.74) is 3.47. The van der Waals surface area contributed by atoms with Crippen LogP contribution in [0.2, 0.25) is 0 Å². The van der Waals surface area contributed by atoms with Crippen LogP contribution in [0.25, 0.3) is 17.0 Å². The summed E-state index contributed by atoms with van der Waals surface area (Å²) in [5, 5.41) is 10.0. The van der Waals surface area contributed by atoms with Gasteiger partial charge in [-0.15, -0.1) is 16.4 Å². The van der Waals surface area contributed by atoms with Crippen molar-refractivity contribution in [2.24, 2.45) is 0 Å². The van der Waals surface area contributed by atoms with Gasteiger partial charge in [0.25, 0.3) is 11.7 Å². The molecule has 1 amide bonds. The first-order valence-electron chi connectivity index (χ1n) is 7.62. The Morgan fingerprint density at radius 3 is 2.60 bits per heavy atom. The van der Waals surface area contributed by atoms with Crippen molar-refractivity contribution in [2.45, 2.75) is 13.8 Å². The van der Waals surface area contributed by atoms with Crippen molar-refractivity contribution in [3.63, 3.8) is 0 Å². The summed E-state index contributed by atoms with van der Waals surface area (Å²) in [6.45, 7) is 3.85. The number of anilines is 1. The molecule has 3 aromatic heterocycles. The summed E-state index contributed by atoms with van der Waals surface area (Å²) in [7, 11) is 0. The Morgan fingerprint density at radius 2 is 1.92 bits per heavy atom. The lowest BCUT2D eigenvalue weighted by Gasteiger charge is -2.03. The van der Waals surface area contributed by atoms with Gasteiger partial charge in [-0.05, 0) is 32.0 Å². The van der Waals surface area contributed by atoms with E-state index in [9.17, 15) is 4.79 Å². The smallest absolute Gasteiger partial charge is 0.295 e. The van der Waals surface area contributed by atoms with Crippen molar-refractivity contribution in [3.8, 4) is 11.3 Å². The molecule has 8 heteroatoms. The first-order valence-corrected chi connectivity index (χ1v) is 8.50. The lowest BCUT2D eigenvalue weighted by atomic mass is 10.1. The number of amides is 1. The van der Waals surface area contributed by atoms with Crippen molar-refractivity contribution in [1.29, 1.82) is 0 Å². The fourth-order valence-corrected chi connectivity index (χ4v) is 3.03. The van der Waals surface area contributed by atoms with Gasteiger partial charge in [-0.3, -0.25) is 4.79 Å². The molecule has 7 nitrogen and oxygen atoms in total. The third-order valence-electron chi connectivity index (χ3n) is 3.69. The Morgan fingerprint density at radius 1 is 1.12 bits per heavy atom. The molecule has 124 valence electrons. The summed E-state index contributed by atoms with van der Waals surface area (Å²) in [4.78, 5) is 25.1. The predicted octanol–water partition coefficient (Wildman–Crippen LogP) is 3.12. The Labute approximate surface area is 147 Å². The van der Waals surface area contributed by atoms with Gasteiger partial charge in [-0.1, -0.05) is 12.1 Å². The summed E-state index contributed by atoms with van der Waals surface area (Å²) in [5.74, 6) is 0.113. The molecular weight excluding hydrogens is 336 g/mol. The number of benzene rings is 1. The number of rotatable bonds is 3. The van der Waals surface area contributed by atoms with Crippen molar-refractivity contribution in [2.75, 3.05) is 5.32 Å². The van der Waals surface area contributed by atoms with Gasteiger partial charge in [0.1, 0.15) is 0 Å². The molecule has 0 radical (unpaired) electrons. The number of hydrogen-bond donors (Lipinski definition) is 1. The maximum absolute atomic E-state index is 12.4. The fraction of sp³-hybridized carbons (Fsp3) is 0.118. The zero-order valence-electron chi connectivity index (χ0n) is 13.6. The second-order valence-electron chi connectivity index (χ2n) is 5.52.